The highest BCUT2D eigenvalue weighted by atomic mass is 32.1. The lowest BCUT2D eigenvalue weighted by Crippen LogP contribution is -2.54. The molecule has 3 aromatic rings. The van der Waals surface area contributed by atoms with E-state index in [-0.39, 0.29) is 11.9 Å². The van der Waals surface area contributed by atoms with E-state index in [4.69, 9.17) is 9.72 Å². The number of nitrogens with zero attached hydrogens (tertiary/aromatic N) is 4. The Labute approximate surface area is 187 Å². The molecule has 1 unspecified atom stereocenters. The molecule has 0 spiro atoms. The molecular weight excluding hydrogens is 408 g/mol. The number of anilines is 1. The van der Waals surface area contributed by atoms with Crippen LogP contribution in [-0.2, 0) is 12.8 Å². The fraction of sp³-hybridized carbons (Fsp3) is 0.375. The highest BCUT2D eigenvalue weighted by molar-refractivity contribution is 7.09. The number of methoxy groups -OCH3 is 1. The molecule has 7 heteroatoms. The molecule has 2 heterocycles. The molecule has 2 aromatic carbocycles. The van der Waals surface area contributed by atoms with Gasteiger partial charge in [-0.05, 0) is 48.7 Å². The van der Waals surface area contributed by atoms with Crippen LogP contribution in [0, 0.1) is 0 Å². The van der Waals surface area contributed by atoms with Crippen molar-refractivity contribution in [3.05, 3.63) is 71.0 Å². The zero-order valence-electron chi connectivity index (χ0n) is 18.2. The number of carbonyl (C=O) groups is 1. The first-order valence-corrected chi connectivity index (χ1v) is 11.4. The van der Waals surface area contributed by atoms with Gasteiger partial charge in [-0.2, -0.15) is 4.37 Å². The van der Waals surface area contributed by atoms with Crippen molar-refractivity contribution in [3.8, 4) is 5.75 Å². The van der Waals surface area contributed by atoms with Crippen molar-refractivity contribution < 1.29 is 9.53 Å². The summed E-state index contributed by atoms with van der Waals surface area (Å²) in [6, 6.07) is 16.1. The maximum absolute atomic E-state index is 13.0. The third-order valence-corrected chi connectivity index (χ3v) is 6.54. The van der Waals surface area contributed by atoms with E-state index in [1.807, 2.05) is 47.4 Å². The second kappa shape index (κ2) is 9.47. The van der Waals surface area contributed by atoms with Crippen molar-refractivity contribution in [3.63, 3.8) is 0 Å². The number of rotatable bonds is 6. The van der Waals surface area contributed by atoms with Crippen LogP contribution in [0.4, 0.5) is 5.13 Å². The normalized spacial score (nSPS) is 16.4. The van der Waals surface area contributed by atoms with E-state index >= 15 is 0 Å². The van der Waals surface area contributed by atoms with E-state index in [0.717, 1.165) is 47.3 Å². The molecule has 0 bridgehead atoms. The first-order valence-electron chi connectivity index (χ1n) is 10.7. The van der Waals surface area contributed by atoms with Crippen LogP contribution in [0.5, 0.6) is 5.75 Å². The largest absolute Gasteiger partial charge is 0.497 e. The molecule has 6 nitrogen and oxygen atoms in total. The lowest BCUT2D eigenvalue weighted by molar-refractivity contribution is 0.0674. The second-order valence-electron chi connectivity index (χ2n) is 7.87. The highest BCUT2D eigenvalue weighted by Gasteiger charge is 2.29. The van der Waals surface area contributed by atoms with Gasteiger partial charge in [0.2, 0.25) is 5.13 Å². The van der Waals surface area contributed by atoms with Crippen LogP contribution in [0.15, 0.2) is 48.5 Å². The number of carbonyl (C=O) groups excluding carboxylic acids is 1. The maximum Gasteiger partial charge on any atom is 0.254 e. The van der Waals surface area contributed by atoms with E-state index in [0.29, 0.717) is 13.0 Å². The average molecular weight is 437 g/mol. The van der Waals surface area contributed by atoms with E-state index < -0.39 is 0 Å². The molecule has 1 saturated heterocycles. The number of piperazine rings is 1. The summed E-state index contributed by atoms with van der Waals surface area (Å²) in [5.74, 6) is 1.76. The van der Waals surface area contributed by atoms with Gasteiger partial charge in [0.25, 0.3) is 5.91 Å². The zero-order chi connectivity index (χ0) is 21.8. The minimum Gasteiger partial charge on any atom is -0.497 e. The smallest absolute Gasteiger partial charge is 0.254 e. The quantitative estimate of drug-likeness (QED) is 0.583. The molecule has 0 aliphatic carbocycles. The topological polar surface area (TPSA) is 58.6 Å². The number of aryl methyl sites for hydroxylation is 1. The third kappa shape index (κ3) is 4.88. The number of ether oxygens (including phenoxy) is 1. The molecule has 1 aliphatic heterocycles. The lowest BCUT2D eigenvalue weighted by Gasteiger charge is -2.39. The van der Waals surface area contributed by atoms with Crippen molar-refractivity contribution in [2.24, 2.45) is 0 Å². The number of hydrogen-bond acceptors (Lipinski definition) is 6. The first kappa shape index (κ1) is 21.3. The van der Waals surface area contributed by atoms with Gasteiger partial charge in [-0.25, -0.2) is 4.98 Å². The fourth-order valence-electron chi connectivity index (χ4n) is 3.89. The number of aromatic nitrogens is 2. The van der Waals surface area contributed by atoms with Crippen molar-refractivity contribution in [2.75, 3.05) is 31.6 Å². The molecule has 1 aromatic heterocycles. The Bertz CT molecular complexity index is 1030. The van der Waals surface area contributed by atoms with Gasteiger partial charge in [0.05, 0.1) is 7.11 Å². The Balaban J connectivity index is 1.39. The zero-order valence-corrected chi connectivity index (χ0v) is 19.1. The standard InChI is InChI=1S/C24H28N4O2S/c1-4-18-8-10-20(11-9-18)23(29)28-13-12-27(16-17(28)2)24-25-22(26-31-24)15-19-6-5-7-21(14-19)30-3/h5-11,14,17H,4,12-13,15-16H2,1-3H3. The summed E-state index contributed by atoms with van der Waals surface area (Å²) < 4.78 is 9.85. The van der Waals surface area contributed by atoms with Gasteiger partial charge in [-0.3, -0.25) is 4.79 Å². The van der Waals surface area contributed by atoms with Crippen molar-refractivity contribution in [1.29, 1.82) is 0 Å². The van der Waals surface area contributed by atoms with Crippen molar-refractivity contribution in [1.82, 2.24) is 14.3 Å². The molecule has 1 fully saturated rings. The minimum atomic E-state index is 0.103. The number of amides is 1. The average Bonchev–Trinajstić information content (AvgIpc) is 3.27. The van der Waals surface area contributed by atoms with E-state index in [2.05, 4.69) is 29.2 Å². The molecule has 1 amide bonds. The molecule has 0 radical (unpaired) electrons. The van der Waals surface area contributed by atoms with Gasteiger partial charge >= 0.3 is 0 Å². The summed E-state index contributed by atoms with van der Waals surface area (Å²) in [5, 5.41) is 0.921. The predicted octanol–water partition coefficient (Wildman–Crippen LogP) is 4.05. The molecule has 1 aliphatic rings. The Morgan fingerprint density at radius 2 is 1.97 bits per heavy atom. The summed E-state index contributed by atoms with van der Waals surface area (Å²) >= 11 is 1.43. The Kier molecular flexibility index (Phi) is 6.51. The van der Waals surface area contributed by atoms with Gasteiger partial charge in [-0.1, -0.05) is 31.2 Å². The van der Waals surface area contributed by atoms with Crippen molar-refractivity contribution >= 4 is 22.6 Å². The first-order chi connectivity index (χ1) is 15.1. The molecule has 0 N–H and O–H groups in total. The Morgan fingerprint density at radius 1 is 1.16 bits per heavy atom. The molecule has 0 saturated carbocycles. The van der Waals surface area contributed by atoms with Gasteiger partial charge in [0.1, 0.15) is 11.6 Å². The van der Waals surface area contributed by atoms with Crippen molar-refractivity contribution in [2.45, 2.75) is 32.7 Å². The molecule has 1 atom stereocenters. The highest BCUT2D eigenvalue weighted by Crippen LogP contribution is 2.24. The van der Waals surface area contributed by atoms with Gasteiger partial charge in [0, 0.05) is 49.2 Å². The third-order valence-electron chi connectivity index (χ3n) is 5.72. The van der Waals surface area contributed by atoms with Crippen LogP contribution in [0.1, 0.15) is 41.2 Å². The van der Waals surface area contributed by atoms with E-state index in [9.17, 15) is 4.79 Å². The van der Waals surface area contributed by atoms with Gasteiger partial charge in [-0.15, -0.1) is 0 Å². The Morgan fingerprint density at radius 3 is 2.68 bits per heavy atom. The minimum absolute atomic E-state index is 0.103. The fourth-order valence-corrected chi connectivity index (χ4v) is 4.61. The van der Waals surface area contributed by atoms with Crippen LogP contribution < -0.4 is 9.64 Å². The summed E-state index contributed by atoms with van der Waals surface area (Å²) in [6.07, 6.45) is 1.65. The van der Waals surface area contributed by atoms with E-state index in [1.165, 1.54) is 17.1 Å². The molecule has 4 rings (SSSR count). The van der Waals surface area contributed by atoms with Crippen LogP contribution in [-0.4, -0.2) is 53.0 Å². The predicted molar refractivity (Wildman–Crippen MR) is 124 cm³/mol. The lowest BCUT2D eigenvalue weighted by atomic mass is 10.1. The SMILES string of the molecule is CCc1ccc(C(=O)N2CCN(c3nc(Cc4cccc(OC)c4)ns3)CC2C)cc1. The molecule has 162 valence electrons. The van der Waals surface area contributed by atoms with Gasteiger partial charge in [0.15, 0.2) is 0 Å². The van der Waals surface area contributed by atoms with Gasteiger partial charge < -0.3 is 14.5 Å². The van der Waals surface area contributed by atoms with Crippen LogP contribution in [0.2, 0.25) is 0 Å². The van der Waals surface area contributed by atoms with Crippen LogP contribution >= 0.6 is 11.5 Å². The van der Waals surface area contributed by atoms with E-state index in [1.54, 1.807) is 7.11 Å². The Hall–Kier alpha value is -2.93. The summed E-state index contributed by atoms with van der Waals surface area (Å²) in [6.45, 7) is 6.42. The summed E-state index contributed by atoms with van der Waals surface area (Å²) in [5.41, 5.74) is 3.13. The second-order valence-corrected chi connectivity index (χ2v) is 8.60. The molecule has 31 heavy (non-hydrogen) atoms. The summed E-state index contributed by atoms with van der Waals surface area (Å²) in [4.78, 5) is 21.9. The van der Waals surface area contributed by atoms with Crippen LogP contribution in [0.25, 0.3) is 0 Å². The molecular formula is C24H28N4O2S. The maximum atomic E-state index is 13.0. The number of benzene rings is 2. The van der Waals surface area contributed by atoms with Crippen LogP contribution in [0.3, 0.4) is 0 Å². The monoisotopic (exact) mass is 436 g/mol. The summed E-state index contributed by atoms with van der Waals surface area (Å²) in [7, 11) is 1.67. The number of hydrogen-bond donors (Lipinski definition) is 0.